The van der Waals surface area contributed by atoms with Crippen LogP contribution in [0.5, 0.6) is 0 Å². The lowest BCUT2D eigenvalue weighted by Gasteiger charge is -2.15. The zero-order chi connectivity index (χ0) is 22.0. The lowest BCUT2D eigenvalue weighted by atomic mass is 10.1. The number of hydrogen-bond acceptors (Lipinski definition) is 6. The van der Waals surface area contributed by atoms with Gasteiger partial charge in [-0.3, -0.25) is 4.79 Å². The van der Waals surface area contributed by atoms with Gasteiger partial charge in [-0.05, 0) is 50.2 Å². The first-order valence-electron chi connectivity index (χ1n) is 9.51. The fraction of sp³-hybridized carbons (Fsp3) is 0.130. The summed E-state index contributed by atoms with van der Waals surface area (Å²) in [5.74, 6) is 0.0920. The second-order valence-electron chi connectivity index (χ2n) is 6.86. The quantitative estimate of drug-likeness (QED) is 0.349. The number of amides is 1. The van der Waals surface area contributed by atoms with Gasteiger partial charge in [-0.25, -0.2) is 14.8 Å². The standard InChI is InChI=1S/C23H18ClN3O4/c1-13-9-10-20(30-13)19-12-16(15-6-3-4-7-17(15)26-19)23(29)31-14(2)22(28)27-18-8-5-11-25-21(18)24/h3-12,14H,1-2H3,(H,27,28). The molecule has 8 heteroatoms. The first-order valence-corrected chi connectivity index (χ1v) is 9.89. The largest absolute Gasteiger partial charge is 0.460 e. The molecule has 0 spiro atoms. The Morgan fingerprint density at radius 2 is 1.94 bits per heavy atom. The molecule has 1 unspecified atom stereocenters. The number of aryl methyl sites for hydroxylation is 1. The monoisotopic (exact) mass is 435 g/mol. The van der Waals surface area contributed by atoms with Gasteiger partial charge in [0.2, 0.25) is 0 Å². The summed E-state index contributed by atoms with van der Waals surface area (Å²) < 4.78 is 11.1. The van der Waals surface area contributed by atoms with Gasteiger partial charge in [-0.15, -0.1) is 0 Å². The van der Waals surface area contributed by atoms with Crippen molar-refractivity contribution in [3.05, 3.63) is 77.3 Å². The van der Waals surface area contributed by atoms with E-state index in [1.807, 2.05) is 19.1 Å². The van der Waals surface area contributed by atoms with Crippen LogP contribution in [-0.2, 0) is 9.53 Å². The van der Waals surface area contributed by atoms with E-state index in [2.05, 4.69) is 15.3 Å². The summed E-state index contributed by atoms with van der Waals surface area (Å²) in [6.07, 6.45) is 0.443. The normalized spacial score (nSPS) is 11.8. The Kier molecular flexibility index (Phi) is 5.68. The number of hydrogen-bond donors (Lipinski definition) is 1. The number of fused-ring (bicyclic) bond motifs is 1. The molecule has 3 aromatic heterocycles. The highest BCUT2D eigenvalue weighted by Crippen LogP contribution is 2.27. The van der Waals surface area contributed by atoms with Gasteiger partial charge in [0.05, 0.1) is 16.8 Å². The molecule has 0 fully saturated rings. The van der Waals surface area contributed by atoms with Gasteiger partial charge in [0.1, 0.15) is 11.5 Å². The van der Waals surface area contributed by atoms with Crippen molar-refractivity contribution >= 4 is 40.1 Å². The van der Waals surface area contributed by atoms with Crippen LogP contribution in [0.1, 0.15) is 23.0 Å². The van der Waals surface area contributed by atoms with Gasteiger partial charge >= 0.3 is 5.97 Å². The van der Waals surface area contributed by atoms with E-state index in [0.717, 1.165) is 5.76 Å². The molecule has 0 aliphatic heterocycles. The van der Waals surface area contributed by atoms with E-state index >= 15 is 0 Å². The van der Waals surface area contributed by atoms with Crippen LogP contribution in [0.3, 0.4) is 0 Å². The zero-order valence-electron chi connectivity index (χ0n) is 16.8. The molecule has 1 amide bonds. The Balaban J connectivity index is 1.61. The zero-order valence-corrected chi connectivity index (χ0v) is 17.5. The highest BCUT2D eigenvalue weighted by Gasteiger charge is 2.22. The Morgan fingerprint density at radius 1 is 1.13 bits per heavy atom. The predicted molar refractivity (Wildman–Crippen MR) is 117 cm³/mol. The minimum atomic E-state index is -1.06. The molecule has 0 aliphatic carbocycles. The maximum absolute atomic E-state index is 13.0. The average Bonchev–Trinajstić information content (AvgIpc) is 3.20. The van der Waals surface area contributed by atoms with Gasteiger partial charge in [0, 0.05) is 11.6 Å². The van der Waals surface area contributed by atoms with E-state index in [4.69, 9.17) is 20.8 Å². The summed E-state index contributed by atoms with van der Waals surface area (Å²) in [5.41, 5.74) is 1.73. The molecule has 1 N–H and O–H groups in total. The lowest BCUT2D eigenvalue weighted by Crippen LogP contribution is -2.30. The van der Waals surface area contributed by atoms with E-state index < -0.39 is 18.0 Å². The smallest absolute Gasteiger partial charge is 0.339 e. The van der Waals surface area contributed by atoms with Crippen molar-refractivity contribution < 1.29 is 18.7 Å². The van der Waals surface area contributed by atoms with E-state index in [9.17, 15) is 9.59 Å². The highest BCUT2D eigenvalue weighted by molar-refractivity contribution is 6.32. The summed E-state index contributed by atoms with van der Waals surface area (Å²) >= 11 is 5.97. The number of pyridine rings is 2. The minimum Gasteiger partial charge on any atom is -0.460 e. The number of nitrogens with one attached hydrogen (secondary N) is 1. The fourth-order valence-electron chi connectivity index (χ4n) is 3.03. The summed E-state index contributed by atoms with van der Waals surface area (Å²) in [4.78, 5) is 33.9. The number of aromatic nitrogens is 2. The number of carbonyl (C=O) groups excluding carboxylic acids is 2. The molecule has 4 aromatic rings. The Labute approximate surface area is 183 Å². The number of carbonyl (C=O) groups is 2. The van der Waals surface area contributed by atoms with Crippen molar-refractivity contribution in [3.8, 4) is 11.5 Å². The van der Waals surface area contributed by atoms with Gasteiger partial charge < -0.3 is 14.5 Å². The number of benzene rings is 1. The lowest BCUT2D eigenvalue weighted by molar-refractivity contribution is -0.123. The van der Waals surface area contributed by atoms with Crippen LogP contribution in [0.2, 0.25) is 5.15 Å². The Morgan fingerprint density at radius 3 is 2.68 bits per heavy atom. The number of esters is 1. The van der Waals surface area contributed by atoms with E-state index in [-0.39, 0.29) is 10.7 Å². The molecule has 4 rings (SSSR count). The average molecular weight is 436 g/mol. The molecule has 7 nitrogen and oxygen atoms in total. The van der Waals surface area contributed by atoms with Crippen molar-refractivity contribution in [1.29, 1.82) is 0 Å². The maximum atomic E-state index is 13.0. The summed E-state index contributed by atoms with van der Waals surface area (Å²) in [6.45, 7) is 3.31. The first kappa shape index (κ1) is 20.6. The number of anilines is 1. The third-order valence-electron chi connectivity index (χ3n) is 4.60. The molecular weight excluding hydrogens is 418 g/mol. The fourth-order valence-corrected chi connectivity index (χ4v) is 3.20. The van der Waals surface area contributed by atoms with Gasteiger partial charge in [-0.2, -0.15) is 0 Å². The summed E-state index contributed by atoms with van der Waals surface area (Å²) in [6, 6.07) is 15.7. The molecule has 1 atom stereocenters. The molecule has 156 valence electrons. The third-order valence-corrected chi connectivity index (χ3v) is 4.90. The molecule has 3 heterocycles. The van der Waals surface area contributed by atoms with Crippen molar-refractivity contribution in [2.24, 2.45) is 0 Å². The minimum absolute atomic E-state index is 0.146. The number of rotatable bonds is 5. The van der Waals surface area contributed by atoms with Crippen molar-refractivity contribution in [2.75, 3.05) is 5.32 Å². The van der Waals surface area contributed by atoms with Crippen LogP contribution < -0.4 is 5.32 Å². The maximum Gasteiger partial charge on any atom is 0.339 e. The van der Waals surface area contributed by atoms with Crippen LogP contribution in [0, 0.1) is 6.92 Å². The number of furan rings is 1. The van der Waals surface area contributed by atoms with Gasteiger partial charge in [-0.1, -0.05) is 29.8 Å². The topological polar surface area (TPSA) is 94.3 Å². The number of halogens is 1. The van der Waals surface area contributed by atoms with E-state index in [0.29, 0.717) is 28.0 Å². The Bertz CT molecular complexity index is 1280. The molecule has 0 radical (unpaired) electrons. The molecule has 31 heavy (non-hydrogen) atoms. The number of nitrogens with zero attached hydrogens (tertiary/aromatic N) is 2. The highest BCUT2D eigenvalue weighted by atomic mass is 35.5. The predicted octanol–water partition coefficient (Wildman–Crippen LogP) is 5.04. The van der Waals surface area contributed by atoms with Crippen LogP contribution in [0.4, 0.5) is 5.69 Å². The Hall–Kier alpha value is -3.71. The van der Waals surface area contributed by atoms with Crippen LogP contribution in [0.15, 0.2) is 65.2 Å². The molecular formula is C23H18ClN3O4. The molecule has 0 saturated heterocycles. The second kappa shape index (κ2) is 8.57. The van der Waals surface area contributed by atoms with E-state index in [1.165, 1.54) is 13.1 Å². The van der Waals surface area contributed by atoms with E-state index in [1.54, 1.807) is 42.5 Å². The summed E-state index contributed by atoms with van der Waals surface area (Å²) in [5, 5.41) is 3.37. The van der Waals surface area contributed by atoms with Crippen molar-refractivity contribution in [3.63, 3.8) is 0 Å². The van der Waals surface area contributed by atoms with Crippen LogP contribution in [0.25, 0.3) is 22.4 Å². The van der Waals surface area contributed by atoms with Crippen molar-refractivity contribution in [2.45, 2.75) is 20.0 Å². The molecule has 1 aromatic carbocycles. The first-order chi connectivity index (χ1) is 14.9. The number of para-hydroxylation sites is 1. The SMILES string of the molecule is Cc1ccc(-c2cc(C(=O)OC(C)C(=O)Nc3cccnc3Cl)c3ccccc3n2)o1. The third kappa shape index (κ3) is 4.41. The van der Waals surface area contributed by atoms with Crippen molar-refractivity contribution in [1.82, 2.24) is 9.97 Å². The van der Waals surface area contributed by atoms with Gasteiger partial charge in [0.15, 0.2) is 17.0 Å². The summed E-state index contributed by atoms with van der Waals surface area (Å²) in [7, 11) is 0. The molecule has 0 saturated carbocycles. The van der Waals surface area contributed by atoms with Crippen LogP contribution >= 0.6 is 11.6 Å². The van der Waals surface area contributed by atoms with Crippen LogP contribution in [-0.4, -0.2) is 27.9 Å². The van der Waals surface area contributed by atoms with Gasteiger partial charge in [0.25, 0.3) is 5.91 Å². The number of ether oxygens (including phenoxy) is 1. The second-order valence-corrected chi connectivity index (χ2v) is 7.22. The molecule has 0 bridgehead atoms. The molecule has 0 aliphatic rings.